The van der Waals surface area contributed by atoms with Gasteiger partial charge < -0.3 is 18.8 Å². The van der Waals surface area contributed by atoms with Gasteiger partial charge in [-0.15, -0.1) is 0 Å². The van der Waals surface area contributed by atoms with Crippen molar-refractivity contribution in [2.24, 2.45) is 0 Å². The Morgan fingerprint density at radius 3 is 1.87 bits per heavy atom. The topological polar surface area (TPSA) is 83.1 Å². The monoisotopic (exact) mass is 419 g/mol. The van der Waals surface area contributed by atoms with Crippen molar-refractivity contribution < 1.29 is 28.4 Å². The van der Waals surface area contributed by atoms with Crippen LogP contribution in [0.1, 0.15) is 75.5 Å². The third kappa shape index (κ3) is 4.49. The predicted octanol–water partition coefficient (Wildman–Crippen LogP) is 4.04. The molecule has 1 N–H and O–H groups in total. The fraction of sp³-hybridized carbons (Fsp3) is 0.636. The van der Waals surface area contributed by atoms with E-state index in [0.29, 0.717) is 27.8 Å². The van der Waals surface area contributed by atoms with Crippen molar-refractivity contribution in [2.45, 2.75) is 86.0 Å². The molecule has 1 aromatic carbocycles. The zero-order valence-electron chi connectivity index (χ0n) is 20.0. The Kier molecular flexibility index (Phi) is 6.37. The van der Waals surface area contributed by atoms with Gasteiger partial charge in [-0.3, -0.25) is 5.32 Å². The first-order valence-electron chi connectivity index (χ1n) is 10.1. The maximum absolute atomic E-state index is 12.6. The number of esters is 1. The SMILES string of the molecule is COC(=O)c1c(C)c(NC(=O)OC(C)(C)C)c(C)c(B2OC(C)(C)C(C)(C)O2)c1C. The van der Waals surface area contributed by atoms with E-state index in [1.54, 1.807) is 27.7 Å². The van der Waals surface area contributed by atoms with Gasteiger partial charge in [-0.05, 0) is 91.4 Å². The van der Waals surface area contributed by atoms with Gasteiger partial charge in [0.1, 0.15) is 5.60 Å². The number of rotatable bonds is 3. The zero-order valence-corrected chi connectivity index (χ0v) is 20.0. The zero-order chi connectivity index (χ0) is 23.2. The molecular weight excluding hydrogens is 385 g/mol. The summed E-state index contributed by atoms with van der Waals surface area (Å²) in [7, 11) is 0.634. The van der Waals surface area contributed by atoms with E-state index in [4.69, 9.17) is 18.8 Å². The lowest BCUT2D eigenvalue weighted by molar-refractivity contribution is 0.00578. The molecule has 8 heteroatoms. The summed E-state index contributed by atoms with van der Waals surface area (Å²) in [5.74, 6) is -0.491. The molecule has 0 radical (unpaired) electrons. The first-order valence-corrected chi connectivity index (χ1v) is 10.1. The van der Waals surface area contributed by atoms with Gasteiger partial charge in [0, 0.05) is 0 Å². The van der Waals surface area contributed by atoms with Gasteiger partial charge in [0.2, 0.25) is 0 Å². The number of methoxy groups -OCH3 is 1. The molecule has 0 spiro atoms. The van der Waals surface area contributed by atoms with E-state index in [1.807, 2.05) is 41.5 Å². The molecule has 0 aromatic heterocycles. The lowest BCUT2D eigenvalue weighted by Gasteiger charge is -2.32. The van der Waals surface area contributed by atoms with Crippen molar-refractivity contribution in [3.05, 3.63) is 22.3 Å². The Labute approximate surface area is 179 Å². The summed E-state index contributed by atoms with van der Waals surface area (Å²) in [4.78, 5) is 25.1. The minimum atomic E-state index is -0.696. The van der Waals surface area contributed by atoms with Crippen LogP contribution in [0.25, 0.3) is 0 Å². The van der Waals surface area contributed by atoms with Gasteiger partial charge >= 0.3 is 19.2 Å². The number of carbonyl (C=O) groups excluding carboxylic acids is 2. The van der Waals surface area contributed by atoms with Crippen LogP contribution >= 0.6 is 0 Å². The molecule has 1 saturated heterocycles. The quantitative estimate of drug-likeness (QED) is 0.588. The number of hydrogen-bond acceptors (Lipinski definition) is 6. The van der Waals surface area contributed by atoms with Crippen LogP contribution < -0.4 is 10.8 Å². The van der Waals surface area contributed by atoms with Crippen LogP contribution in [0.5, 0.6) is 0 Å². The number of anilines is 1. The molecule has 0 atom stereocenters. The first kappa shape index (κ1) is 24.2. The van der Waals surface area contributed by atoms with E-state index in [1.165, 1.54) is 7.11 Å². The van der Waals surface area contributed by atoms with Gasteiger partial charge in [-0.2, -0.15) is 0 Å². The van der Waals surface area contributed by atoms with Crippen molar-refractivity contribution in [2.75, 3.05) is 12.4 Å². The molecule has 2 rings (SSSR count). The first-order chi connectivity index (χ1) is 13.5. The molecule has 166 valence electrons. The molecule has 30 heavy (non-hydrogen) atoms. The summed E-state index contributed by atoms with van der Waals surface area (Å²) in [6, 6.07) is 0. The van der Waals surface area contributed by atoms with Crippen LogP contribution in [0, 0.1) is 20.8 Å². The molecule has 1 amide bonds. The number of nitrogens with one attached hydrogen (secondary N) is 1. The van der Waals surface area contributed by atoms with Gasteiger partial charge in [-0.25, -0.2) is 9.59 Å². The second kappa shape index (κ2) is 7.89. The van der Waals surface area contributed by atoms with Crippen LogP contribution in [0.3, 0.4) is 0 Å². The Morgan fingerprint density at radius 1 is 0.933 bits per heavy atom. The highest BCUT2D eigenvalue weighted by molar-refractivity contribution is 6.63. The summed E-state index contributed by atoms with van der Waals surface area (Å²) in [6.45, 7) is 18.7. The van der Waals surface area contributed by atoms with Crippen molar-refractivity contribution in [3.8, 4) is 0 Å². The largest absolute Gasteiger partial charge is 0.495 e. The van der Waals surface area contributed by atoms with E-state index in [-0.39, 0.29) is 0 Å². The Bertz CT molecular complexity index is 854. The third-order valence-electron chi connectivity index (χ3n) is 5.81. The fourth-order valence-electron chi connectivity index (χ4n) is 3.55. The van der Waals surface area contributed by atoms with Crippen molar-refractivity contribution >= 4 is 30.3 Å². The molecule has 1 aromatic rings. The fourth-order valence-corrected chi connectivity index (χ4v) is 3.55. The summed E-state index contributed by atoms with van der Waals surface area (Å²) in [6.07, 6.45) is -0.603. The van der Waals surface area contributed by atoms with Crippen molar-refractivity contribution in [1.82, 2.24) is 0 Å². The average molecular weight is 419 g/mol. The van der Waals surface area contributed by atoms with Gasteiger partial charge in [0.15, 0.2) is 0 Å². The van der Waals surface area contributed by atoms with E-state index < -0.39 is 36.0 Å². The number of ether oxygens (including phenoxy) is 2. The standard InChI is InChI=1S/C22H34BNO6/c1-12-15(18(25)27-11)13(2)17(24-19(26)28-20(4,5)6)14(3)16(12)23-29-21(7,8)22(9,10)30-23/h1-11H3,(H,24,26). The van der Waals surface area contributed by atoms with Crippen LogP contribution in [0.2, 0.25) is 0 Å². The van der Waals surface area contributed by atoms with E-state index >= 15 is 0 Å². The van der Waals surface area contributed by atoms with Crippen LogP contribution in [0.4, 0.5) is 10.5 Å². The Hall–Kier alpha value is -2.06. The molecule has 0 bridgehead atoms. The van der Waals surface area contributed by atoms with E-state index in [9.17, 15) is 9.59 Å². The van der Waals surface area contributed by atoms with Gasteiger partial charge in [0.05, 0.1) is 29.6 Å². The molecule has 7 nitrogen and oxygen atoms in total. The Balaban J connectivity index is 2.66. The predicted molar refractivity (Wildman–Crippen MR) is 118 cm³/mol. The second-order valence-corrected chi connectivity index (χ2v) is 9.75. The average Bonchev–Trinajstić information content (AvgIpc) is 2.77. The molecule has 1 aliphatic rings. The highest BCUT2D eigenvalue weighted by atomic mass is 16.7. The number of carbonyl (C=O) groups is 2. The molecule has 0 saturated carbocycles. The molecule has 0 aliphatic carbocycles. The highest BCUT2D eigenvalue weighted by Gasteiger charge is 2.53. The van der Waals surface area contributed by atoms with Gasteiger partial charge in [0.25, 0.3) is 0 Å². The summed E-state index contributed by atoms with van der Waals surface area (Å²) < 4.78 is 22.9. The minimum absolute atomic E-state index is 0.374. The summed E-state index contributed by atoms with van der Waals surface area (Å²) >= 11 is 0. The van der Waals surface area contributed by atoms with E-state index in [2.05, 4.69) is 5.32 Å². The Morgan fingerprint density at radius 2 is 1.43 bits per heavy atom. The number of amides is 1. The van der Waals surface area contributed by atoms with E-state index in [0.717, 1.165) is 5.56 Å². The smallest absolute Gasteiger partial charge is 0.465 e. The van der Waals surface area contributed by atoms with Crippen molar-refractivity contribution in [3.63, 3.8) is 0 Å². The summed E-state index contributed by atoms with van der Waals surface area (Å²) in [5.41, 5.74) is 1.85. The van der Waals surface area contributed by atoms with Crippen LogP contribution in [-0.4, -0.2) is 43.1 Å². The molecule has 0 unspecified atom stereocenters. The van der Waals surface area contributed by atoms with Crippen molar-refractivity contribution in [1.29, 1.82) is 0 Å². The minimum Gasteiger partial charge on any atom is -0.465 e. The highest BCUT2D eigenvalue weighted by Crippen LogP contribution is 2.38. The molecule has 1 heterocycles. The third-order valence-corrected chi connectivity index (χ3v) is 5.81. The number of hydrogen-bond donors (Lipinski definition) is 1. The second-order valence-electron chi connectivity index (χ2n) is 9.75. The van der Waals surface area contributed by atoms with Crippen LogP contribution in [0.15, 0.2) is 0 Å². The van der Waals surface area contributed by atoms with Gasteiger partial charge in [-0.1, -0.05) is 0 Å². The molecule has 1 fully saturated rings. The maximum Gasteiger partial charge on any atom is 0.495 e. The summed E-state index contributed by atoms with van der Waals surface area (Å²) in [5, 5.41) is 2.81. The molecular formula is C22H34BNO6. The normalized spacial score (nSPS) is 17.6. The number of benzene rings is 1. The molecule has 1 aliphatic heterocycles. The maximum atomic E-state index is 12.6. The lowest BCUT2D eigenvalue weighted by atomic mass is 9.70. The van der Waals surface area contributed by atoms with Crippen LogP contribution in [-0.2, 0) is 18.8 Å². The lowest BCUT2D eigenvalue weighted by Crippen LogP contribution is -2.41.